The second kappa shape index (κ2) is 4.18. The molecule has 16 heavy (non-hydrogen) atoms. The highest BCUT2D eigenvalue weighted by molar-refractivity contribution is 5.84. The molecule has 84 valence electrons. The number of nitrogens with one attached hydrogen (secondary N) is 1. The normalized spacial score (nSPS) is 10.6. The number of hydrogen-bond acceptors (Lipinski definition) is 5. The molecule has 0 spiro atoms. The fourth-order valence-corrected chi connectivity index (χ4v) is 1.45. The SMILES string of the molecule is CCOC(=O)Cc1ccc2n[nH]nc2c1O. The molecular weight excluding hydrogens is 210 g/mol. The maximum atomic E-state index is 11.3. The number of nitrogens with zero attached hydrogens (tertiary/aromatic N) is 2. The van der Waals surface area contributed by atoms with E-state index in [0.29, 0.717) is 23.2 Å². The number of carbonyl (C=O) groups excluding carboxylic acids is 1. The summed E-state index contributed by atoms with van der Waals surface area (Å²) in [6.45, 7) is 2.06. The van der Waals surface area contributed by atoms with Gasteiger partial charge in [0.25, 0.3) is 0 Å². The number of phenolic OH excluding ortho intramolecular Hbond substituents is 1. The average molecular weight is 221 g/mol. The van der Waals surface area contributed by atoms with E-state index in [1.165, 1.54) is 0 Å². The summed E-state index contributed by atoms with van der Waals surface area (Å²) in [4.78, 5) is 11.3. The molecule has 0 atom stereocenters. The number of esters is 1. The number of H-pyrrole nitrogens is 1. The van der Waals surface area contributed by atoms with Crippen LogP contribution in [0.4, 0.5) is 0 Å². The maximum absolute atomic E-state index is 11.3. The molecule has 0 unspecified atom stereocenters. The Bertz CT molecular complexity index is 521. The lowest BCUT2D eigenvalue weighted by Crippen LogP contribution is -2.07. The van der Waals surface area contributed by atoms with Gasteiger partial charge in [0.2, 0.25) is 0 Å². The smallest absolute Gasteiger partial charge is 0.310 e. The molecule has 6 heteroatoms. The summed E-state index contributed by atoms with van der Waals surface area (Å²) >= 11 is 0. The van der Waals surface area contributed by atoms with Gasteiger partial charge in [-0.2, -0.15) is 15.4 Å². The summed E-state index contributed by atoms with van der Waals surface area (Å²) in [5, 5.41) is 19.9. The Morgan fingerprint density at radius 3 is 3.06 bits per heavy atom. The minimum absolute atomic E-state index is 0.0284. The third-order valence-electron chi connectivity index (χ3n) is 2.19. The van der Waals surface area contributed by atoms with E-state index < -0.39 is 0 Å². The molecule has 0 bridgehead atoms. The van der Waals surface area contributed by atoms with Gasteiger partial charge in [0.05, 0.1) is 13.0 Å². The Morgan fingerprint density at radius 1 is 1.50 bits per heavy atom. The fourth-order valence-electron chi connectivity index (χ4n) is 1.45. The Labute approximate surface area is 91.2 Å². The van der Waals surface area contributed by atoms with Gasteiger partial charge in [-0.1, -0.05) is 6.07 Å². The number of aromatic nitrogens is 3. The molecule has 1 heterocycles. The molecule has 0 fully saturated rings. The number of rotatable bonds is 3. The molecule has 0 radical (unpaired) electrons. The van der Waals surface area contributed by atoms with Crippen LogP contribution >= 0.6 is 0 Å². The Kier molecular flexibility index (Phi) is 2.72. The molecule has 0 amide bonds. The topological polar surface area (TPSA) is 88.1 Å². The summed E-state index contributed by atoms with van der Waals surface area (Å²) in [6, 6.07) is 3.32. The number of aromatic amines is 1. The van der Waals surface area contributed by atoms with Crippen LogP contribution in [-0.2, 0) is 16.0 Å². The molecule has 2 N–H and O–H groups in total. The van der Waals surface area contributed by atoms with E-state index in [1.807, 2.05) is 0 Å². The highest BCUT2D eigenvalue weighted by Gasteiger charge is 2.13. The summed E-state index contributed by atoms with van der Waals surface area (Å²) < 4.78 is 4.80. The minimum Gasteiger partial charge on any atom is -0.505 e. The minimum atomic E-state index is -0.374. The van der Waals surface area contributed by atoms with Crippen molar-refractivity contribution in [3.05, 3.63) is 17.7 Å². The van der Waals surface area contributed by atoms with Crippen LogP contribution in [0.15, 0.2) is 12.1 Å². The number of phenols is 1. The first-order valence-corrected chi connectivity index (χ1v) is 4.89. The quantitative estimate of drug-likeness (QED) is 0.747. The van der Waals surface area contributed by atoms with E-state index in [4.69, 9.17) is 4.74 Å². The summed E-state index contributed by atoms with van der Waals surface area (Å²) in [5.74, 6) is -0.403. The molecule has 0 aliphatic carbocycles. The monoisotopic (exact) mass is 221 g/mol. The van der Waals surface area contributed by atoms with Crippen LogP contribution in [-0.4, -0.2) is 33.1 Å². The van der Waals surface area contributed by atoms with Crippen molar-refractivity contribution in [1.29, 1.82) is 0 Å². The van der Waals surface area contributed by atoms with E-state index in [2.05, 4.69) is 15.4 Å². The first-order chi connectivity index (χ1) is 7.72. The molecular formula is C10H11N3O3. The lowest BCUT2D eigenvalue weighted by Gasteiger charge is -2.04. The second-order valence-corrected chi connectivity index (χ2v) is 3.25. The van der Waals surface area contributed by atoms with Crippen molar-refractivity contribution in [2.24, 2.45) is 0 Å². The molecule has 0 saturated heterocycles. The first-order valence-electron chi connectivity index (χ1n) is 4.89. The Balaban J connectivity index is 2.30. The van der Waals surface area contributed by atoms with Crippen LogP contribution in [0.3, 0.4) is 0 Å². The van der Waals surface area contributed by atoms with Crippen molar-refractivity contribution >= 4 is 17.0 Å². The summed E-state index contributed by atoms with van der Waals surface area (Å²) in [5.41, 5.74) is 1.41. The van der Waals surface area contributed by atoms with Crippen LogP contribution in [0.25, 0.3) is 11.0 Å². The average Bonchev–Trinajstić information content (AvgIpc) is 2.71. The summed E-state index contributed by atoms with van der Waals surface area (Å²) in [6.07, 6.45) is 0.0302. The van der Waals surface area contributed by atoms with Crippen molar-refractivity contribution < 1.29 is 14.6 Å². The van der Waals surface area contributed by atoms with Crippen LogP contribution < -0.4 is 0 Å². The molecule has 1 aromatic carbocycles. The van der Waals surface area contributed by atoms with Crippen molar-refractivity contribution in [3.8, 4) is 5.75 Å². The number of ether oxygens (including phenoxy) is 1. The third kappa shape index (κ3) is 1.81. The predicted octanol–water partition coefficient (Wildman–Crippen LogP) is 0.769. The zero-order valence-electron chi connectivity index (χ0n) is 8.73. The van der Waals surface area contributed by atoms with Crippen molar-refractivity contribution in [2.75, 3.05) is 6.61 Å². The van der Waals surface area contributed by atoms with Crippen LogP contribution in [0, 0.1) is 0 Å². The van der Waals surface area contributed by atoms with Gasteiger partial charge >= 0.3 is 5.97 Å². The van der Waals surface area contributed by atoms with E-state index in [-0.39, 0.29) is 18.1 Å². The molecule has 2 aromatic rings. The number of aromatic hydroxyl groups is 1. The van der Waals surface area contributed by atoms with Crippen molar-refractivity contribution in [1.82, 2.24) is 15.4 Å². The van der Waals surface area contributed by atoms with Crippen LogP contribution in [0.1, 0.15) is 12.5 Å². The van der Waals surface area contributed by atoms with Gasteiger partial charge in [0.1, 0.15) is 11.3 Å². The van der Waals surface area contributed by atoms with Gasteiger partial charge in [-0.15, -0.1) is 0 Å². The first kappa shape index (κ1) is 10.4. The van der Waals surface area contributed by atoms with Crippen molar-refractivity contribution in [2.45, 2.75) is 13.3 Å². The lowest BCUT2D eigenvalue weighted by atomic mass is 10.1. The fraction of sp³-hybridized carbons (Fsp3) is 0.300. The van der Waals surface area contributed by atoms with E-state index in [9.17, 15) is 9.90 Å². The largest absolute Gasteiger partial charge is 0.505 e. The highest BCUT2D eigenvalue weighted by atomic mass is 16.5. The molecule has 0 aliphatic heterocycles. The van der Waals surface area contributed by atoms with Crippen LogP contribution in [0.2, 0.25) is 0 Å². The van der Waals surface area contributed by atoms with Gasteiger partial charge in [-0.3, -0.25) is 4.79 Å². The zero-order chi connectivity index (χ0) is 11.5. The van der Waals surface area contributed by atoms with Crippen LogP contribution in [0.5, 0.6) is 5.75 Å². The third-order valence-corrected chi connectivity index (χ3v) is 2.19. The Hall–Kier alpha value is -2.11. The maximum Gasteiger partial charge on any atom is 0.310 e. The van der Waals surface area contributed by atoms with E-state index >= 15 is 0 Å². The lowest BCUT2D eigenvalue weighted by molar-refractivity contribution is -0.142. The van der Waals surface area contributed by atoms with Gasteiger partial charge in [-0.25, -0.2) is 0 Å². The van der Waals surface area contributed by atoms with Crippen molar-refractivity contribution in [3.63, 3.8) is 0 Å². The van der Waals surface area contributed by atoms with Gasteiger partial charge < -0.3 is 9.84 Å². The van der Waals surface area contributed by atoms with Gasteiger partial charge in [0.15, 0.2) is 5.52 Å². The number of carbonyl (C=O) groups is 1. The standard InChI is InChI=1S/C10H11N3O3/c1-2-16-8(14)5-6-3-4-7-9(10(6)15)12-13-11-7/h3-4,15H,2,5H2,1H3,(H,11,12,13). The molecule has 0 saturated carbocycles. The number of hydrogen-bond donors (Lipinski definition) is 2. The van der Waals surface area contributed by atoms with E-state index in [0.717, 1.165) is 0 Å². The molecule has 0 aliphatic rings. The predicted molar refractivity (Wildman–Crippen MR) is 55.9 cm³/mol. The molecule has 1 aromatic heterocycles. The van der Waals surface area contributed by atoms with Gasteiger partial charge in [0, 0.05) is 5.56 Å². The second-order valence-electron chi connectivity index (χ2n) is 3.25. The highest BCUT2D eigenvalue weighted by Crippen LogP contribution is 2.25. The zero-order valence-corrected chi connectivity index (χ0v) is 8.73. The number of fused-ring (bicyclic) bond motifs is 1. The summed E-state index contributed by atoms with van der Waals surface area (Å²) in [7, 11) is 0. The number of benzene rings is 1. The molecule has 2 rings (SSSR count). The van der Waals surface area contributed by atoms with Gasteiger partial charge in [-0.05, 0) is 13.0 Å². The Morgan fingerprint density at radius 2 is 2.31 bits per heavy atom. The van der Waals surface area contributed by atoms with E-state index in [1.54, 1.807) is 19.1 Å². The molecule has 6 nitrogen and oxygen atoms in total.